The molecule has 8 heteroatoms. The van der Waals surface area contributed by atoms with E-state index in [1.54, 1.807) is 0 Å². The molecule has 0 bridgehead atoms. The first-order valence-electron chi connectivity index (χ1n) is 5.53. The molecular weight excluding hydrogens is 294 g/mol. The second kappa shape index (κ2) is 5.09. The van der Waals surface area contributed by atoms with Crippen molar-refractivity contribution in [3.63, 3.8) is 0 Å². The minimum Gasteiger partial charge on any atom is -0.478 e. The Hall–Kier alpha value is -1.15. The van der Waals surface area contributed by atoms with Crippen LogP contribution in [0.5, 0.6) is 0 Å². The van der Waals surface area contributed by atoms with Gasteiger partial charge in [0, 0.05) is 13.1 Å². The molecule has 2 N–H and O–H groups in total. The maximum atomic E-state index is 12.3. The summed E-state index contributed by atoms with van der Waals surface area (Å²) in [4.78, 5) is 10.6. The molecule has 0 saturated carbocycles. The summed E-state index contributed by atoms with van der Waals surface area (Å²) in [5.41, 5.74) is -0.150. The number of nitrogens with zero attached hydrogens (tertiary/aromatic N) is 1. The quantitative estimate of drug-likeness (QED) is 0.861. The van der Waals surface area contributed by atoms with Gasteiger partial charge >= 0.3 is 5.97 Å². The molecule has 1 atom stereocenters. The van der Waals surface area contributed by atoms with Gasteiger partial charge in [-0.05, 0) is 24.6 Å². The molecule has 1 saturated heterocycles. The summed E-state index contributed by atoms with van der Waals surface area (Å²) < 4.78 is 25.7. The number of sulfonamides is 1. The predicted octanol–water partition coefficient (Wildman–Crippen LogP) is 0.794. The van der Waals surface area contributed by atoms with Gasteiger partial charge in [-0.25, -0.2) is 13.2 Å². The van der Waals surface area contributed by atoms with E-state index in [2.05, 4.69) is 0 Å². The maximum Gasteiger partial charge on any atom is 0.335 e. The van der Waals surface area contributed by atoms with Gasteiger partial charge in [-0.3, -0.25) is 0 Å². The molecule has 0 unspecified atom stereocenters. The van der Waals surface area contributed by atoms with Crippen molar-refractivity contribution in [1.29, 1.82) is 0 Å². The van der Waals surface area contributed by atoms with Gasteiger partial charge in [-0.2, -0.15) is 4.31 Å². The predicted molar refractivity (Wildman–Crippen MR) is 67.8 cm³/mol. The highest BCUT2D eigenvalue weighted by atomic mass is 35.5. The third-order valence-electron chi connectivity index (χ3n) is 2.92. The SMILES string of the molecule is O=C(O)c1ccc(Cl)c(S(=O)(=O)N2CC[C@@H](O)C2)c1. The number of carboxylic acid groups (broad SMARTS) is 1. The van der Waals surface area contributed by atoms with E-state index in [4.69, 9.17) is 16.7 Å². The molecular formula is C11H12ClNO5S. The molecule has 1 aromatic carbocycles. The average Bonchev–Trinajstić information content (AvgIpc) is 2.76. The number of aliphatic hydroxyl groups excluding tert-OH is 1. The first-order valence-corrected chi connectivity index (χ1v) is 7.35. The van der Waals surface area contributed by atoms with Crippen molar-refractivity contribution in [3.8, 4) is 0 Å². The van der Waals surface area contributed by atoms with E-state index >= 15 is 0 Å². The summed E-state index contributed by atoms with van der Waals surface area (Å²) in [6.07, 6.45) is -0.341. The van der Waals surface area contributed by atoms with Gasteiger partial charge in [0.15, 0.2) is 0 Å². The van der Waals surface area contributed by atoms with E-state index < -0.39 is 22.1 Å². The number of rotatable bonds is 3. The Morgan fingerprint density at radius 3 is 2.63 bits per heavy atom. The van der Waals surface area contributed by atoms with E-state index in [9.17, 15) is 18.3 Å². The number of hydrogen-bond donors (Lipinski definition) is 2. The van der Waals surface area contributed by atoms with Crippen LogP contribution in [-0.4, -0.2) is 48.1 Å². The minimum absolute atomic E-state index is 0.00401. The van der Waals surface area contributed by atoms with Gasteiger partial charge in [0.25, 0.3) is 0 Å². The zero-order valence-corrected chi connectivity index (χ0v) is 11.4. The third-order valence-corrected chi connectivity index (χ3v) is 5.27. The van der Waals surface area contributed by atoms with Crippen LogP contribution in [0.1, 0.15) is 16.8 Å². The van der Waals surface area contributed by atoms with Crippen molar-refractivity contribution in [2.24, 2.45) is 0 Å². The number of carboxylic acids is 1. The van der Waals surface area contributed by atoms with Crippen LogP contribution in [0.2, 0.25) is 5.02 Å². The van der Waals surface area contributed by atoms with Crippen molar-refractivity contribution in [1.82, 2.24) is 4.31 Å². The second-order valence-electron chi connectivity index (χ2n) is 4.26. The smallest absolute Gasteiger partial charge is 0.335 e. The highest BCUT2D eigenvalue weighted by Crippen LogP contribution is 2.28. The van der Waals surface area contributed by atoms with Crippen LogP contribution in [0.4, 0.5) is 0 Å². The molecule has 0 spiro atoms. The Bertz CT molecular complexity index is 616. The number of aromatic carboxylic acids is 1. The van der Waals surface area contributed by atoms with Gasteiger partial charge in [0.05, 0.1) is 16.7 Å². The molecule has 0 radical (unpaired) electrons. The monoisotopic (exact) mass is 305 g/mol. The van der Waals surface area contributed by atoms with E-state index in [0.717, 1.165) is 10.4 Å². The highest BCUT2D eigenvalue weighted by Gasteiger charge is 2.33. The van der Waals surface area contributed by atoms with Gasteiger partial charge < -0.3 is 10.2 Å². The Morgan fingerprint density at radius 2 is 2.11 bits per heavy atom. The second-order valence-corrected chi connectivity index (χ2v) is 6.57. The van der Waals surface area contributed by atoms with Gasteiger partial charge in [0.1, 0.15) is 4.90 Å². The number of benzene rings is 1. The number of aliphatic hydroxyl groups is 1. The van der Waals surface area contributed by atoms with Crippen LogP contribution in [0.25, 0.3) is 0 Å². The first kappa shape index (κ1) is 14.3. The van der Waals surface area contributed by atoms with Gasteiger partial charge in [-0.1, -0.05) is 11.6 Å². The molecule has 1 aliphatic rings. The van der Waals surface area contributed by atoms with Crippen LogP contribution in [0.3, 0.4) is 0 Å². The van der Waals surface area contributed by atoms with Gasteiger partial charge in [-0.15, -0.1) is 0 Å². The zero-order chi connectivity index (χ0) is 14.2. The fraction of sp³-hybridized carbons (Fsp3) is 0.364. The lowest BCUT2D eigenvalue weighted by atomic mass is 10.2. The summed E-state index contributed by atoms with van der Waals surface area (Å²) in [7, 11) is -3.88. The molecule has 1 aromatic rings. The van der Waals surface area contributed by atoms with Crippen LogP contribution in [0, 0.1) is 0 Å². The largest absolute Gasteiger partial charge is 0.478 e. The summed E-state index contributed by atoms with van der Waals surface area (Å²) >= 11 is 5.84. The maximum absolute atomic E-state index is 12.3. The lowest BCUT2D eigenvalue weighted by Gasteiger charge is -2.16. The van der Waals surface area contributed by atoms with E-state index in [1.165, 1.54) is 12.1 Å². The Kier molecular flexibility index (Phi) is 3.82. The zero-order valence-electron chi connectivity index (χ0n) is 9.78. The highest BCUT2D eigenvalue weighted by molar-refractivity contribution is 7.89. The van der Waals surface area contributed by atoms with E-state index in [-0.39, 0.29) is 28.6 Å². The molecule has 0 amide bonds. The Morgan fingerprint density at radius 1 is 1.42 bits per heavy atom. The van der Waals surface area contributed by atoms with Crippen molar-refractivity contribution >= 4 is 27.6 Å². The Balaban J connectivity index is 2.45. The van der Waals surface area contributed by atoms with Crippen LogP contribution in [0.15, 0.2) is 23.1 Å². The summed E-state index contributed by atoms with van der Waals surface area (Å²) in [5.74, 6) is -1.23. The average molecular weight is 306 g/mol. The minimum atomic E-state index is -3.88. The van der Waals surface area contributed by atoms with E-state index in [0.29, 0.717) is 6.42 Å². The summed E-state index contributed by atoms with van der Waals surface area (Å²) in [5, 5.41) is 18.2. The van der Waals surface area contributed by atoms with Crippen LogP contribution >= 0.6 is 11.6 Å². The molecule has 6 nitrogen and oxygen atoms in total. The fourth-order valence-electron chi connectivity index (χ4n) is 1.90. The number of hydrogen-bond acceptors (Lipinski definition) is 4. The molecule has 1 fully saturated rings. The molecule has 104 valence electrons. The molecule has 19 heavy (non-hydrogen) atoms. The van der Waals surface area contributed by atoms with Gasteiger partial charge in [0.2, 0.25) is 10.0 Å². The topological polar surface area (TPSA) is 94.9 Å². The summed E-state index contributed by atoms with van der Waals surface area (Å²) in [6.45, 7) is 0.188. The first-order chi connectivity index (χ1) is 8.82. The lowest BCUT2D eigenvalue weighted by Crippen LogP contribution is -2.30. The third kappa shape index (κ3) is 2.74. The van der Waals surface area contributed by atoms with Crippen molar-refractivity contribution in [3.05, 3.63) is 28.8 Å². The van der Waals surface area contributed by atoms with Crippen molar-refractivity contribution in [2.75, 3.05) is 13.1 Å². The molecule has 1 heterocycles. The number of halogens is 1. The summed E-state index contributed by atoms with van der Waals surface area (Å²) in [6, 6.07) is 3.51. The van der Waals surface area contributed by atoms with Crippen LogP contribution in [-0.2, 0) is 10.0 Å². The van der Waals surface area contributed by atoms with E-state index in [1.807, 2.05) is 0 Å². The number of carbonyl (C=O) groups is 1. The molecule has 1 aliphatic heterocycles. The standard InChI is InChI=1S/C11H12ClNO5S/c12-9-2-1-7(11(15)16)5-10(9)19(17,18)13-4-3-8(14)6-13/h1-2,5,8,14H,3-4,6H2,(H,15,16)/t8-/m1/s1. The normalized spacial score (nSPS) is 20.6. The van der Waals surface area contributed by atoms with Crippen LogP contribution < -0.4 is 0 Å². The number of β-amino-alcohol motifs (C(OH)–C–C–N with tert-alkyl or cyclic N) is 1. The fourth-order valence-corrected chi connectivity index (χ4v) is 3.89. The molecule has 0 aliphatic carbocycles. The Labute approximate surface area is 115 Å². The molecule has 2 rings (SSSR count). The van der Waals surface area contributed by atoms with Crippen molar-refractivity contribution in [2.45, 2.75) is 17.4 Å². The lowest BCUT2D eigenvalue weighted by molar-refractivity contribution is 0.0696. The van der Waals surface area contributed by atoms with Crippen molar-refractivity contribution < 1.29 is 23.4 Å². The molecule has 0 aromatic heterocycles.